The minimum absolute atomic E-state index is 0.263. The molecular formula is C17H19N3. The molecule has 0 spiro atoms. The predicted molar refractivity (Wildman–Crippen MR) is 82.6 cm³/mol. The van der Waals surface area contributed by atoms with E-state index < -0.39 is 0 Å². The van der Waals surface area contributed by atoms with E-state index in [1.54, 1.807) is 0 Å². The summed E-state index contributed by atoms with van der Waals surface area (Å²) in [6, 6.07) is 16.7. The van der Waals surface area contributed by atoms with Gasteiger partial charge < -0.3 is 10.3 Å². The smallest absolute Gasteiger partial charge is 0.116 e. The Morgan fingerprint density at radius 1 is 1.10 bits per heavy atom. The van der Waals surface area contributed by atoms with Crippen LogP contribution in [0.15, 0.2) is 48.5 Å². The number of benzene rings is 2. The molecule has 1 heterocycles. The molecule has 0 amide bonds. The van der Waals surface area contributed by atoms with E-state index in [0.29, 0.717) is 6.54 Å². The average Bonchev–Trinajstić information content (AvgIpc) is 2.85. The summed E-state index contributed by atoms with van der Waals surface area (Å²) in [4.78, 5) is 4.84. The Kier molecular flexibility index (Phi) is 3.28. The first kappa shape index (κ1) is 12.9. The van der Waals surface area contributed by atoms with Crippen molar-refractivity contribution in [1.82, 2.24) is 9.55 Å². The first-order valence-electron chi connectivity index (χ1n) is 6.91. The van der Waals surface area contributed by atoms with Crippen molar-refractivity contribution in [2.45, 2.75) is 19.4 Å². The summed E-state index contributed by atoms with van der Waals surface area (Å²) in [5.41, 5.74) is 10.4. The van der Waals surface area contributed by atoms with Crippen LogP contribution in [0.3, 0.4) is 0 Å². The second kappa shape index (κ2) is 5.10. The number of rotatable bonds is 3. The zero-order valence-corrected chi connectivity index (χ0v) is 11.9. The second-order valence-electron chi connectivity index (χ2n) is 5.15. The lowest BCUT2D eigenvalue weighted by Crippen LogP contribution is -2.04. The summed E-state index contributed by atoms with van der Waals surface area (Å²) in [5, 5.41) is 0. The lowest BCUT2D eigenvalue weighted by molar-refractivity contribution is 0.752. The summed E-state index contributed by atoms with van der Waals surface area (Å²) in [6.45, 7) is 2.71. The third-order valence-corrected chi connectivity index (χ3v) is 3.94. The van der Waals surface area contributed by atoms with E-state index in [4.69, 9.17) is 10.7 Å². The Bertz CT molecular complexity index is 729. The van der Waals surface area contributed by atoms with Gasteiger partial charge in [-0.2, -0.15) is 0 Å². The molecule has 20 heavy (non-hydrogen) atoms. The van der Waals surface area contributed by atoms with Crippen molar-refractivity contribution in [2.75, 3.05) is 0 Å². The van der Waals surface area contributed by atoms with Crippen LogP contribution in [0.4, 0.5) is 0 Å². The molecule has 3 nitrogen and oxygen atoms in total. The van der Waals surface area contributed by atoms with E-state index in [-0.39, 0.29) is 5.92 Å². The van der Waals surface area contributed by atoms with Crippen molar-refractivity contribution >= 4 is 11.0 Å². The molecule has 1 aromatic heterocycles. The highest BCUT2D eigenvalue weighted by Crippen LogP contribution is 2.27. The molecule has 2 N–H and O–H groups in total. The first-order valence-corrected chi connectivity index (χ1v) is 6.91. The normalized spacial score (nSPS) is 12.8. The van der Waals surface area contributed by atoms with Crippen LogP contribution in [0.5, 0.6) is 0 Å². The van der Waals surface area contributed by atoms with E-state index in [0.717, 1.165) is 22.4 Å². The fourth-order valence-corrected chi connectivity index (χ4v) is 2.73. The molecule has 0 bridgehead atoms. The quantitative estimate of drug-likeness (QED) is 0.790. The number of imidazole rings is 1. The molecule has 3 rings (SSSR count). The molecule has 0 radical (unpaired) electrons. The number of aromatic nitrogens is 2. The predicted octanol–water partition coefficient (Wildman–Crippen LogP) is 3.18. The molecular weight excluding hydrogens is 246 g/mol. The van der Waals surface area contributed by atoms with Gasteiger partial charge >= 0.3 is 0 Å². The van der Waals surface area contributed by atoms with Crippen molar-refractivity contribution < 1.29 is 0 Å². The minimum atomic E-state index is 0.263. The molecule has 2 aromatic carbocycles. The van der Waals surface area contributed by atoms with Gasteiger partial charge in [0.2, 0.25) is 0 Å². The van der Waals surface area contributed by atoms with Gasteiger partial charge in [-0.05, 0) is 17.2 Å². The number of hydrogen-bond acceptors (Lipinski definition) is 2. The number of fused-ring (bicyclic) bond motifs is 1. The summed E-state index contributed by atoms with van der Waals surface area (Å²) in [6.07, 6.45) is 0. The van der Waals surface area contributed by atoms with Crippen LogP contribution >= 0.6 is 0 Å². The van der Waals surface area contributed by atoms with Gasteiger partial charge in [-0.25, -0.2) is 4.98 Å². The van der Waals surface area contributed by atoms with Crippen LogP contribution in [0.25, 0.3) is 11.0 Å². The molecule has 0 aliphatic carbocycles. The summed E-state index contributed by atoms with van der Waals surface area (Å²) in [5.74, 6) is 1.34. The molecule has 0 saturated carbocycles. The summed E-state index contributed by atoms with van der Waals surface area (Å²) in [7, 11) is 2.07. The maximum atomic E-state index is 5.81. The third-order valence-electron chi connectivity index (χ3n) is 3.94. The highest BCUT2D eigenvalue weighted by Gasteiger charge is 2.17. The standard InChI is InChI=1S/C17H19N3/c1-12(13-7-4-3-5-8-13)17-19-16-14(11-18)9-6-10-15(16)20(17)2/h3-10,12H,11,18H2,1-2H3. The molecule has 102 valence electrons. The maximum Gasteiger partial charge on any atom is 0.116 e. The topological polar surface area (TPSA) is 43.8 Å². The Balaban J connectivity index is 2.15. The molecule has 0 aliphatic rings. The van der Waals surface area contributed by atoms with Crippen molar-refractivity contribution in [1.29, 1.82) is 0 Å². The van der Waals surface area contributed by atoms with Crippen LogP contribution in [0, 0.1) is 0 Å². The maximum absolute atomic E-state index is 5.81. The summed E-state index contributed by atoms with van der Waals surface area (Å²) < 4.78 is 2.17. The zero-order valence-electron chi connectivity index (χ0n) is 11.9. The molecule has 3 aromatic rings. The van der Waals surface area contributed by atoms with Gasteiger partial charge in [0.15, 0.2) is 0 Å². The number of nitrogens with two attached hydrogens (primary N) is 1. The second-order valence-corrected chi connectivity index (χ2v) is 5.15. The van der Waals surface area contributed by atoms with Crippen molar-refractivity contribution in [3.8, 4) is 0 Å². The Morgan fingerprint density at radius 2 is 1.85 bits per heavy atom. The molecule has 0 fully saturated rings. The highest BCUT2D eigenvalue weighted by atomic mass is 15.1. The number of hydrogen-bond donors (Lipinski definition) is 1. The fourth-order valence-electron chi connectivity index (χ4n) is 2.73. The fraction of sp³-hybridized carbons (Fsp3) is 0.235. The van der Waals surface area contributed by atoms with Gasteiger partial charge in [0.1, 0.15) is 5.82 Å². The van der Waals surface area contributed by atoms with Gasteiger partial charge in [0.25, 0.3) is 0 Å². The number of aryl methyl sites for hydroxylation is 1. The number of para-hydroxylation sites is 1. The monoisotopic (exact) mass is 265 g/mol. The van der Waals surface area contributed by atoms with E-state index in [1.165, 1.54) is 5.56 Å². The molecule has 0 saturated heterocycles. The van der Waals surface area contributed by atoms with Gasteiger partial charge in [-0.1, -0.05) is 49.4 Å². The largest absolute Gasteiger partial charge is 0.331 e. The van der Waals surface area contributed by atoms with Crippen LogP contribution in [0.2, 0.25) is 0 Å². The van der Waals surface area contributed by atoms with E-state index in [1.807, 2.05) is 18.2 Å². The van der Waals surface area contributed by atoms with Crippen molar-refractivity contribution in [3.05, 3.63) is 65.5 Å². The highest BCUT2D eigenvalue weighted by molar-refractivity contribution is 5.79. The minimum Gasteiger partial charge on any atom is -0.331 e. The van der Waals surface area contributed by atoms with Crippen molar-refractivity contribution in [2.24, 2.45) is 12.8 Å². The third kappa shape index (κ3) is 2.00. The van der Waals surface area contributed by atoms with Crippen molar-refractivity contribution in [3.63, 3.8) is 0 Å². The van der Waals surface area contributed by atoms with Gasteiger partial charge in [-0.3, -0.25) is 0 Å². The van der Waals surface area contributed by atoms with Gasteiger partial charge in [0, 0.05) is 19.5 Å². The SMILES string of the molecule is CC(c1ccccc1)c1nc2c(CN)cccc2n1C. The molecule has 3 heteroatoms. The lowest BCUT2D eigenvalue weighted by atomic mass is 10.0. The van der Waals surface area contributed by atoms with E-state index in [9.17, 15) is 0 Å². The number of nitrogens with zero attached hydrogens (tertiary/aromatic N) is 2. The van der Waals surface area contributed by atoms with Crippen LogP contribution in [-0.4, -0.2) is 9.55 Å². The van der Waals surface area contributed by atoms with Gasteiger partial charge in [-0.15, -0.1) is 0 Å². The van der Waals surface area contributed by atoms with Crippen LogP contribution in [0.1, 0.15) is 29.8 Å². The Morgan fingerprint density at radius 3 is 2.55 bits per heavy atom. The molecule has 1 atom stereocenters. The lowest BCUT2D eigenvalue weighted by Gasteiger charge is -2.11. The molecule has 1 unspecified atom stereocenters. The zero-order chi connectivity index (χ0) is 14.1. The van der Waals surface area contributed by atoms with Crippen LogP contribution in [-0.2, 0) is 13.6 Å². The Labute approximate surface area is 119 Å². The van der Waals surface area contributed by atoms with E-state index >= 15 is 0 Å². The van der Waals surface area contributed by atoms with Crippen LogP contribution < -0.4 is 5.73 Å². The average molecular weight is 265 g/mol. The van der Waals surface area contributed by atoms with E-state index in [2.05, 4.69) is 48.9 Å². The Hall–Kier alpha value is -2.13. The van der Waals surface area contributed by atoms with Gasteiger partial charge in [0.05, 0.1) is 11.0 Å². The molecule has 0 aliphatic heterocycles. The first-order chi connectivity index (χ1) is 9.72. The summed E-state index contributed by atoms with van der Waals surface area (Å²) >= 11 is 0.